The maximum atomic E-state index is 12.2. The Morgan fingerprint density at radius 2 is 1.74 bits per heavy atom. The number of methoxy groups -OCH3 is 1. The van der Waals surface area contributed by atoms with Gasteiger partial charge in [0.1, 0.15) is 0 Å². The first kappa shape index (κ1) is 21.2. The Morgan fingerprint density at radius 3 is 2.30 bits per heavy atom. The number of sulfonamides is 1. The zero-order valence-electron chi connectivity index (χ0n) is 15.3. The summed E-state index contributed by atoms with van der Waals surface area (Å²) in [5, 5.41) is 3.38. The van der Waals surface area contributed by atoms with Gasteiger partial charge in [0.05, 0.1) is 18.5 Å². The number of nitrogens with one attached hydrogen (secondary N) is 1. The van der Waals surface area contributed by atoms with Crippen molar-refractivity contribution in [1.29, 1.82) is 0 Å². The Morgan fingerprint density at radius 1 is 1.11 bits per heavy atom. The Bertz CT molecular complexity index is 852. The van der Waals surface area contributed by atoms with Crippen LogP contribution in [0.15, 0.2) is 48.5 Å². The number of benzene rings is 2. The lowest BCUT2D eigenvalue weighted by Gasteiger charge is -2.22. The first-order valence-corrected chi connectivity index (χ1v) is 10.6. The average Bonchev–Trinajstić information content (AvgIpc) is 2.64. The van der Waals surface area contributed by atoms with Crippen LogP contribution in [0.25, 0.3) is 0 Å². The van der Waals surface area contributed by atoms with Crippen LogP contribution in [0.1, 0.15) is 22.3 Å². The molecule has 0 saturated heterocycles. The normalized spacial score (nSPS) is 11.2. The monoisotopic (exact) mass is 410 g/mol. The van der Waals surface area contributed by atoms with Gasteiger partial charge in [0, 0.05) is 30.8 Å². The summed E-state index contributed by atoms with van der Waals surface area (Å²) in [5.41, 5.74) is 1.77. The maximum absolute atomic E-state index is 12.2. The first-order valence-electron chi connectivity index (χ1n) is 8.40. The summed E-state index contributed by atoms with van der Waals surface area (Å²) in [6.45, 7) is 1.27. The predicted octanol–water partition coefficient (Wildman–Crippen LogP) is 3.07. The highest BCUT2D eigenvalue weighted by molar-refractivity contribution is 7.92. The van der Waals surface area contributed by atoms with Crippen molar-refractivity contribution in [3.05, 3.63) is 64.7 Å². The van der Waals surface area contributed by atoms with Crippen molar-refractivity contribution < 1.29 is 17.9 Å². The van der Waals surface area contributed by atoms with Crippen LogP contribution < -0.4 is 9.62 Å². The molecule has 0 aliphatic rings. The molecule has 0 spiro atoms. The third-order valence-corrected chi connectivity index (χ3v) is 5.26. The number of carbonyl (C=O) groups excluding carboxylic acids is 1. The van der Waals surface area contributed by atoms with Crippen LogP contribution in [0.3, 0.4) is 0 Å². The van der Waals surface area contributed by atoms with Crippen molar-refractivity contribution in [2.45, 2.75) is 13.0 Å². The Labute approximate surface area is 165 Å². The Hall–Kier alpha value is -2.09. The van der Waals surface area contributed by atoms with Gasteiger partial charge in [-0.2, -0.15) is 0 Å². The van der Waals surface area contributed by atoms with Gasteiger partial charge in [-0.05, 0) is 48.4 Å². The van der Waals surface area contributed by atoms with Gasteiger partial charge in [0.15, 0.2) is 0 Å². The zero-order valence-corrected chi connectivity index (χ0v) is 16.9. The van der Waals surface area contributed by atoms with E-state index in [0.717, 1.165) is 18.2 Å². The highest BCUT2D eigenvalue weighted by atomic mass is 35.5. The lowest BCUT2D eigenvalue weighted by Crippen LogP contribution is -2.29. The van der Waals surface area contributed by atoms with E-state index in [0.29, 0.717) is 29.4 Å². The topological polar surface area (TPSA) is 75.7 Å². The Balaban J connectivity index is 2.12. The van der Waals surface area contributed by atoms with E-state index in [1.54, 1.807) is 55.6 Å². The van der Waals surface area contributed by atoms with Crippen LogP contribution in [0.4, 0.5) is 5.69 Å². The number of nitrogens with zero attached hydrogens (tertiary/aromatic N) is 1. The summed E-state index contributed by atoms with van der Waals surface area (Å²) in [6.07, 6.45) is 1.88. The van der Waals surface area contributed by atoms with Crippen LogP contribution in [0.5, 0.6) is 0 Å². The lowest BCUT2D eigenvalue weighted by molar-refractivity contribution is 0.0948. The molecular formula is C19H23ClN2O4S. The molecule has 8 heteroatoms. The van der Waals surface area contributed by atoms with Crippen LogP contribution >= 0.6 is 11.6 Å². The molecule has 0 aromatic heterocycles. The fourth-order valence-electron chi connectivity index (χ4n) is 2.46. The van der Waals surface area contributed by atoms with E-state index in [-0.39, 0.29) is 12.5 Å². The van der Waals surface area contributed by atoms with E-state index in [1.807, 2.05) is 0 Å². The maximum Gasteiger partial charge on any atom is 0.251 e. The standard InChI is InChI=1S/C19H23ClN2O4S/c1-26-13-3-12-21-19(23)16-6-10-18(11-7-16)22(27(2,24)25)14-15-4-8-17(20)9-5-15/h4-11H,3,12-14H2,1-2H3,(H,21,23). The molecule has 27 heavy (non-hydrogen) atoms. The van der Waals surface area contributed by atoms with Crippen molar-refractivity contribution in [3.63, 3.8) is 0 Å². The number of amides is 1. The molecule has 0 radical (unpaired) electrons. The Kier molecular flexibility index (Phi) is 7.65. The fourth-order valence-corrected chi connectivity index (χ4v) is 3.47. The molecule has 2 rings (SSSR count). The summed E-state index contributed by atoms with van der Waals surface area (Å²) < 4.78 is 30.7. The smallest absolute Gasteiger partial charge is 0.251 e. The zero-order chi connectivity index (χ0) is 19.9. The fraction of sp³-hybridized carbons (Fsp3) is 0.316. The van der Waals surface area contributed by atoms with Crippen LogP contribution in [0, 0.1) is 0 Å². The molecule has 0 unspecified atom stereocenters. The lowest BCUT2D eigenvalue weighted by atomic mass is 10.1. The van der Waals surface area contributed by atoms with Gasteiger partial charge < -0.3 is 10.1 Å². The molecule has 0 aliphatic heterocycles. The molecule has 0 bridgehead atoms. The first-order chi connectivity index (χ1) is 12.8. The minimum Gasteiger partial charge on any atom is -0.385 e. The summed E-state index contributed by atoms with van der Waals surface area (Å²) in [4.78, 5) is 12.1. The van der Waals surface area contributed by atoms with Crippen LogP contribution in [-0.4, -0.2) is 40.8 Å². The number of rotatable bonds is 9. The SMILES string of the molecule is COCCCNC(=O)c1ccc(N(Cc2ccc(Cl)cc2)S(C)(=O)=O)cc1. The van der Waals surface area contributed by atoms with Gasteiger partial charge in [-0.3, -0.25) is 9.10 Å². The van der Waals surface area contributed by atoms with Crippen LogP contribution in [-0.2, 0) is 21.3 Å². The predicted molar refractivity (Wildman–Crippen MR) is 108 cm³/mol. The van der Waals surface area contributed by atoms with E-state index in [9.17, 15) is 13.2 Å². The van der Waals surface area contributed by atoms with Gasteiger partial charge in [-0.1, -0.05) is 23.7 Å². The number of hydrogen-bond donors (Lipinski definition) is 1. The summed E-state index contributed by atoms with van der Waals surface area (Å²) in [6, 6.07) is 13.5. The van der Waals surface area contributed by atoms with E-state index < -0.39 is 10.0 Å². The van der Waals surface area contributed by atoms with Crippen molar-refractivity contribution in [2.24, 2.45) is 0 Å². The highest BCUT2D eigenvalue weighted by Gasteiger charge is 2.18. The second-order valence-electron chi connectivity index (χ2n) is 6.05. The van der Waals surface area contributed by atoms with Crippen LogP contribution in [0.2, 0.25) is 5.02 Å². The molecule has 1 amide bonds. The quantitative estimate of drug-likeness (QED) is 0.644. The van der Waals surface area contributed by atoms with E-state index in [2.05, 4.69) is 5.32 Å². The molecule has 2 aromatic carbocycles. The van der Waals surface area contributed by atoms with Gasteiger partial charge in [0.2, 0.25) is 10.0 Å². The molecule has 146 valence electrons. The number of ether oxygens (including phenoxy) is 1. The molecule has 6 nitrogen and oxygen atoms in total. The molecule has 0 atom stereocenters. The third-order valence-electron chi connectivity index (χ3n) is 3.87. The molecule has 2 aromatic rings. The molecule has 0 aliphatic carbocycles. The molecular weight excluding hydrogens is 388 g/mol. The van der Waals surface area contributed by atoms with Gasteiger partial charge >= 0.3 is 0 Å². The number of carbonyl (C=O) groups is 1. The summed E-state index contributed by atoms with van der Waals surface area (Å²) in [5.74, 6) is -0.207. The molecule has 1 N–H and O–H groups in total. The van der Waals surface area contributed by atoms with E-state index >= 15 is 0 Å². The second-order valence-corrected chi connectivity index (χ2v) is 8.39. The minimum absolute atomic E-state index is 0.179. The van der Waals surface area contributed by atoms with Crippen molar-refractivity contribution in [2.75, 3.05) is 30.8 Å². The van der Waals surface area contributed by atoms with Crippen molar-refractivity contribution in [1.82, 2.24) is 5.32 Å². The van der Waals surface area contributed by atoms with Gasteiger partial charge in [0.25, 0.3) is 5.91 Å². The highest BCUT2D eigenvalue weighted by Crippen LogP contribution is 2.22. The summed E-state index contributed by atoms with van der Waals surface area (Å²) in [7, 11) is -1.88. The molecule has 0 fully saturated rings. The number of hydrogen-bond acceptors (Lipinski definition) is 4. The minimum atomic E-state index is -3.49. The molecule has 0 heterocycles. The summed E-state index contributed by atoms with van der Waals surface area (Å²) >= 11 is 5.88. The van der Waals surface area contributed by atoms with Crippen molar-refractivity contribution >= 4 is 33.2 Å². The number of anilines is 1. The van der Waals surface area contributed by atoms with E-state index in [4.69, 9.17) is 16.3 Å². The van der Waals surface area contributed by atoms with Gasteiger partial charge in [-0.15, -0.1) is 0 Å². The van der Waals surface area contributed by atoms with Gasteiger partial charge in [-0.25, -0.2) is 8.42 Å². The third kappa shape index (κ3) is 6.53. The van der Waals surface area contributed by atoms with Crippen molar-refractivity contribution in [3.8, 4) is 0 Å². The molecule has 0 saturated carbocycles. The second kappa shape index (κ2) is 9.73. The van der Waals surface area contributed by atoms with E-state index in [1.165, 1.54) is 4.31 Å². The average molecular weight is 411 g/mol. The number of halogens is 1. The largest absolute Gasteiger partial charge is 0.385 e.